The van der Waals surface area contributed by atoms with E-state index in [0.717, 1.165) is 12.1 Å². The number of alkyl halides is 3. The fraction of sp³-hybridized carbons (Fsp3) is 0.235. The second-order valence-electron chi connectivity index (χ2n) is 5.23. The lowest BCUT2D eigenvalue weighted by Gasteiger charge is -2.15. The molecule has 2 aromatic rings. The first-order valence-electron chi connectivity index (χ1n) is 7.16. The molecule has 0 saturated heterocycles. The van der Waals surface area contributed by atoms with Crippen LogP contribution >= 0.6 is 0 Å². The first-order valence-corrected chi connectivity index (χ1v) is 7.16. The van der Waals surface area contributed by atoms with Crippen molar-refractivity contribution in [3.8, 4) is 0 Å². The zero-order chi connectivity index (χ0) is 17.7. The second kappa shape index (κ2) is 7.46. The molecule has 7 heteroatoms. The molecule has 0 spiro atoms. The second-order valence-corrected chi connectivity index (χ2v) is 5.23. The minimum atomic E-state index is -4.47. The molecule has 2 rings (SSSR count). The van der Waals surface area contributed by atoms with Crippen molar-refractivity contribution in [1.29, 1.82) is 0 Å². The van der Waals surface area contributed by atoms with Gasteiger partial charge in [0, 0.05) is 13.1 Å². The Balaban J connectivity index is 1.99. The van der Waals surface area contributed by atoms with Gasteiger partial charge >= 0.3 is 12.1 Å². The molecule has 2 aromatic carbocycles. The summed E-state index contributed by atoms with van der Waals surface area (Å²) in [7, 11) is 0. The van der Waals surface area contributed by atoms with Crippen molar-refractivity contribution in [2.45, 2.75) is 18.8 Å². The highest BCUT2D eigenvalue weighted by Gasteiger charge is 2.30. The SMILES string of the molecule is O=C(O)c1ccccc1CNCC(O)c1cccc(C(F)(F)F)c1. The van der Waals surface area contributed by atoms with Gasteiger partial charge in [0.1, 0.15) is 0 Å². The molecule has 4 nitrogen and oxygen atoms in total. The van der Waals surface area contributed by atoms with Gasteiger partial charge in [0.15, 0.2) is 0 Å². The van der Waals surface area contributed by atoms with Gasteiger partial charge in [-0.2, -0.15) is 13.2 Å². The van der Waals surface area contributed by atoms with Crippen molar-refractivity contribution in [3.63, 3.8) is 0 Å². The van der Waals surface area contributed by atoms with Crippen LogP contribution < -0.4 is 5.32 Å². The van der Waals surface area contributed by atoms with Crippen LogP contribution in [0.2, 0.25) is 0 Å². The fourth-order valence-corrected chi connectivity index (χ4v) is 2.27. The Hall–Kier alpha value is -2.38. The predicted octanol–water partition coefficient (Wildman–Crippen LogP) is 3.23. The summed E-state index contributed by atoms with van der Waals surface area (Å²) < 4.78 is 38.0. The first-order chi connectivity index (χ1) is 11.3. The van der Waals surface area contributed by atoms with Crippen molar-refractivity contribution < 1.29 is 28.2 Å². The number of aromatic carboxylic acids is 1. The summed E-state index contributed by atoms with van der Waals surface area (Å²) in [4.78, 5) is 11.1. The van der Waals surface area contributed by atoms with Gasteiger partial charge in [-0.1, -0.05) is 30.3 Å². The molecule has 1 unspecified atom stereocenters. The normalized spacial score (nSPS) is 12.8. The van der Waals surface area contributed by atoms with Gasteiger partial charge in [-0.25, -0.2) is 4.79 Å². The average molecular weight is 339 g/mol. The molecule has 24 heavy (non-hydrogen) atoms. The molecule has 128 valence electrons. The Morgan fingerprint density at radius 3 is 2.50 bits per heavy atom. The summed E-state index contributed by atoms with van der Waals surface area (Å²) in [6.07, 6.45) is -5.60. The van der Waals surface area contributed by atoms with Gasteiger partial charge in [-0.05, 0) is 29.3 Å². The number of benzene rings is 2. The quantitative estimate of drug-likeness (QED) is 0.756. The lowest BCUT2D eigenvalue weighted by Crippen LogP contribution is -2.22. The van der Waals surface area contributed by atoms with E-state index < -0.39 is 23.8 Å². The van der Waals surface area contributed by atoms with E-state index in [1.165, 1.54) is 18.2 Å². The number of carboxylic acids is 1. The molecule has 0 aliphatic heterocycles. The minimum absolute atomic E-state index is 0.00470. The van der Waals surface area contributed by atoms with Crippen LogP contribution in [0.1, 0.15) is 33.2 Å². The standard InChI is InChI=1S/C17H16F3NO3/c18-17(19,20)13-6-3-5-11(8-13)15(22)10-21-9-12-4-1-2-7-14(12)16(23)24/h1-8,15,21-22H,9-10H2,(H,23,24). The molecule has 0 bridgehead atoms. The molecule has 0 aliphatic carbocycles. The molecule has 1 atom stereocenters. The third kappa shape index (κ3) is 4.56. The summed E-state index contributed by atoms with van der Waals surface area (Å²) >= 11 is 0. The smallest absolute Gasteiger partial charge is 0.416 e. The third-order valence-electron chi connectivity index (χ3n) is 3.50. The highest BCUT2D eigenvalue weighted by Crippen LogP contribution is 2.30. The number of rotatable bonds is 6. The lowest BCUT2D eigenvalue weighted by atomic mass is 10.0. The Morgan fingerprint density at radius 1 is 1.12 bits per heavy atom. The number of nitrogens with one attached hydrogen (secondary N) is 1. The van der Waals surface area contributed by atoms with E-state index in [1.807, 2.05) is 0 Å². The summed E-state index contributed by atoms with van der Waals surface area (Å²) in [5, 5.41) is 22.0. The van der Waals surface area contributed by atoms with Crippen LogP contribution in [0, 0.1) is 0 Å². The topological polar surface area (TPSA) is 69.6 Å². The first kappa shape index (κ1) is 18.0. The van der Waals surface area contributed by atoms with E-state index in [1.54, 1.807) is 18.2 Å². The van der Waals surface area contributed by atoms with Gasteiger partial charge in [0.25, 0.3) is 0 Å². The molecule has 0 amide bonds. The highest BCUT2D eigenvalue weighted by molar-refractivity contribution is 5.89. The maximum atomic E-state index is 12.7. The zero-order valence-electron chi connectivity index (χ0n) is 12.5. The molecule has 0 radical (unpaired) electrons. The van der Waals surface area contributed by atoms with Gasteiger partial charge in [0.05, 0.1) is 17.2 Å². The molecular weight excluding hydrogens is 323 g/mol. The summed E-state index contributed by atoms with van der Waals surface area (Å²) in [6, 6.07) is 10.9. The molecule has 3 N–H and O–H groups in total. The molecule has 0 aliphatic rings. The predicted molar refractivity (Wildman–Crippen MR) is 81.5 cm³/mol. The number of halogens is 3. The lowest BCUT2D eigenvalue weighted by molar-refractivity contribution is -0.137. The van der Waals surface area contributed by atoms with E-state index in [-0.39, 0.29) is 24.2 Å². The number of carbonyl (C=O) groups is 1. The van der Waals surface area contributed by atoms with E-state index in [9.17, 15) is 23.1 Å². The van der Waals surface area contributed by atoms with Crippen LogP contribution in [0.15, 0.2) is 48.5 Å². The summed E-state index contributed by atoms with van der Waals surface area (Å²) in [6.45, 7) is 0.174. The van der Waals surface area contributed by atoms with E-state index in [2.05, 4.69) is 5.32 Å². The molecule has 0 saturated carbocycles. The van der Waals surface area contributed by atoms with Gasteiger partial charge in [0.2, 0.25) is 0 Å². The maximum Gasteiger partial charge on any atom is 0.416 e. The number of aliphatic hydroxyl groups is 1. The van der Waals surface area contributed by atoms with Crippen LogP contribution in [0.3, 0.4) is 0 Å². The van der Waals surface area contributed by atoms with E-state index >= 15 is 0 Å². The maximum absolute atomic E-state index is 12.7. The van der Waals surface area contributed by atoms with Crippen molar-refractivity contribution in [1.82, 2.24) is 5.32 Å². The van der Waals surface area contributed by atoms with Crippen molar-refractivity contribution in [3.05, 3.63) is 70.8 Å². The fourth-order valence-electron chi connectivity index (χ4n) is 2.27. The van der Waals surface area contributed by atoms with E-state index in [4.69, 9.17) is 5.11 Å². The third-order valence-corrected chi connectivity index (χ3v) is 3.50. The largest absolute Gasteiger partial charge is 0.478 e. The molecule has 0 fully saturated rings. The Morgan fingerprint density at radius 2 is 1.83 bits per heavy atom. The van der Waals surface area contributed by atoms with Crippen LogP contribution in [0.25, 0.3) is 0 Å². The Kier molecular flexibility index (Phi) is 5.58. The molecule has 0 aromatic heterocycles. The van der Waals surface area contributed by atoms with Crippen LogP contribution in [-0.4, -0.2) is 22.7 Å². The summed E-state index contributed by atoms with van der Waals surface area (Å²) in [5.74, 6) is -1.06. The Labute approximate surface area is 136 Å². The highest BCUT2D eigenvalue weighted by atomic mass is 19.4. The average Bonchev–Trinajstić information content (AvgIpc) is 2.54. The number of hydrogen-bond acceptors (Lipinski definition) is 3. The van der Waals surface area contributed by atoms with Gasteiger partial charge in [-0.15, -0.1) is 0 Å². The van der Waals surface area contributed by atoms with Crippen LogP contribution in [-0.2, 0) is 12.7 Å². The number of aliphatic hydroxyl groups excluding tert-OH is 1. The van der Waals surface area contributed by atoms with Crippen molar-refractivity contribution in [2.75, 3.05) is 6.54 Å². The monoisotopic (exact) mass is 339 g/mol. The zero-order valence-corrected chi connectivity index (χ0v) is 12.5. The van der Waals surface area contributed by atoms with Crippen LogP contribution in [0.4, 0.5) is 13.2 Å². The molecular formula is C17H16F3NO3. The van der Waals surface area contributed by atoms with E-state index in [0.29, 0.717) is 5.56 Å². The number of carboxylic acid groups (broad SMARTS) is 1. The van der Waals surface area contributed by atoms with Crippen molar-refractivity contribution in [2.24, 2.45) is 0 Å². The van der Waals surface area contributed by atoms with Gasteiger partial charge < -0.3 is 15.5 Å². The minimum Gasteiger partial charge on any atom is -0.478 e. The van der Waals surface area contributed by atoms with Crippen LogP contribution in [0.5, 0.6) is 0 Å². The summed E-state index contributed by atoms with van der Waals surface area (Å²) in [5.41, 5.74) is -0.0149. The van der Waals surface area contributed by atoms with Crippen molar-refractivity contribution >= 4 is 5.97 Å². The molecule has 0 heterocycles. The van der Waals surface area contributed by atoms with Gasteiger partial charge in [-0.3, -0.25) is 0 Å². The Bertz CT molecular complexity index is 716. The number of hydrogen-bond donors (Lipinski definition) is 3.